The molecule has 1 aromatic carbocycles. The molecule has 108 valence electrons. The fourth-order valence-corrected chi connectivity index (χ4v) is 1.54. The lowest BCUT2D eigenvalue weighted by molar-refractivity contribution is -0.156. The van der Waals surface area contributed by atoms with Gasteiger partial charge < -0.3 is 10.1 Å². The number of carbonyl (C=O) groups is 3. The van der Waals surface area contributed by atoms with Gasteiger partial charge in [-0.3, -0.25) is 14.9 Å². The molecule has 0 aliphatic heterocycles. The largest absolute Gasteiger partial charge is 0.447 e. The van der Waals surface area contributed by atoms with Crippen molar-refractivity contribution < 1.29 is 19.1 Å². The molecular formula is C14H18N2O4. The molecule has 0 aliphatic carbocycles. The van der Waals surface area contributed by atoms with Gasteiger partial charge in [-0.15, -0.1) is 0 Å². The second kappa shape index (κ2) is 7.93. The summed E-state index contributed by atoms with van der Waals surface area (Å²) >= 11 is 0. The number of esters is 1. The van der Waals surface area contributed by atoms with Gasteiger partial charge in [0.1, 0.15) is 0 Å². The smallest absolute Gasteiger partial charge is 0.321 e. The molecule has 3 amide bonds. The number of ether oxygens (including phenoxy) is 1. The van der Waals surface area contributed by atoms with Crippen LogP contribution in [0.15, 0.2) is 30.3 Å². The Morgan fingerprint density at radius 1 is 1.20 bits per heavy atom. The van der Waals surface area contributed by atoms with Crippen molar-refractivity contribution in [1.29, 1.82) is 0 Å². The standard InChI is InChI=1S/C14H18N2O4/c1-3-7-11(17)20-12(10-8-5-4-6-9-10)13(18)16-14(19)15-2/h4-6,8-9,12H,3,7H2,1-2H3,(H2,15,16,18,19)/t12-/m1/s1. The molecule has 0 unspecified atom stereocenters. The van der Waals surface area contributed by atoms with Crippen LogP contribution in [0.1, 0.15) is 31.4 Å². The van der Waals surface area contributed by atoms with E-state index >= 15 is 0 Å². The number of hydrogen-bond donors (Lipinski definition) is 2. The van der Waals surface area contributed by atoms with Crippen LogP contribution in [0.3, 0.4) is 0 Å². The number of carbonyl (C=O) groups excluding carboxylic acids is 3. The maximum Gasteiger partial charge on any atom is 0.321 e. The Labute approximate surface area is 117 Å². The van der Waals surface area contributed by atoms with E-state index in [9.17, 15) is 14.4 Å². The maximum absolute atomic E-state index is 12.0. The van der Waals surface area contributed by atoms with E-state index in [2.05, 4.69) is 10.6 Å². The summed E-state index contributed by atoms with van der Waals surface area (Å²) in [6, 6.07) is 7.90. The lowest BCUT2D eigenvalue weighted by Gasteiger charge is -2.17. The van der Waals surface area contributed by atoms with Crippen molar-refractivity contribution in [1.82, 2.24) is 10.6 Å². The van der Waals surface area contributed by atoms with E-state index in [1.807, 2.05) is 6.92 Å². The van der Waals surface area contributed by atoms with Crippen LogP contribution in [0.5, 0.6) is 0 Å². The Morgan fingerprint density at radius 2 is 1.85 bits per heavy atom. The highest BCUT2D eigenvalue weighted by Crippen LogP contribution is 2.18. The van der Waals surface area contributed by atoms with Gasteiger partial charge in [-0.25, -0.2) is 4.79 Å². The van der Waals surface area contributed by atoms with Crippen molar-refractivity contribution in [3.63, 3.8) is 0 Å². The molecule has 0 aromatic heterocycles. The van der Waals surface area contributed by atoms with Crippen LogP contribution in [0.25, 0.3) is 0 Å². The minimum absolute atomic E-state index is 0.219. The summed E-state index contributed by atoms with van der Waals surface area (Å²) in [5.41, 5.74) is 0.512. The summed E-state index contributed by atoms with van der Waals surface area (Å²) in [6.45, 7) is 1.84. The molecule has 0 aliphatic rings. The summed E-state index contributed by atoms with van der Waals surface area (Å²) in [4.78, 5) is 34.8. The topological polar surface area (TPSA) is 84.5 Å². The third kappa shape index (κ3) is 4.72. The van der Waals surface area contributed by atoms with E-state index in [4.69, 9.17) is 4.74 Å². The Morgan fingerprint density at radius 3 is 2.40 bits per heavy atom. The molecule has 1 atom stereocenters. The van der Waals surface area contributed by atoms with Crippen LogP contribution in [0, 0.1) is 0 Å². The number of imide groups is 1. The van der Waals surface area contributed by atoms with Gasteiger partial charge in [0.25, 0.3) is 5.91 Å². The molecule has 2 N–H and O–H groups in total. The zero-order valence-electron chi connectivity index (χ0n) is 11.5. The average molecular weight is 278 g/mol. The third-order valence-electron chi connectivity index (χ3n) is 2.51. The summed E-state index contributed by atoms with van der Waals surface area (Å²) in [5, 5.41) is 4.38. The predicted octanol–water partition coefficient (Wildman–Crippen LogP) is 1.53. The Hall–Kier alpha value is -2.37. The van der Waals surface area contributed by atoms with E-state index in [-0.39, 0.29) is 6.42 Å². The molecule has 1 aromatic rings. The second-order valence-corrected chi connectivity index (χ2v) is 4.10. The van der Waals surface area contributed by atoms with E-state index < -0.39 is 24.0 Å². The monoisotopic (exact) mass is 278 g/mol. The molecule has 0 heterocycles. The number of amides is 3. The highest BCUT2D eigenvalue weighted by molar-refractivity contribution is 5.97. The maximum atomic E-state index is 12.0. The normalized spacial score (nSPS) is 11.3. The predicted molar refractivity (Wildman–Crippen MR) is 72.8 cm³/mol. The first-order valence-corrected chi connectivity index (χ1v) is 6.35. The van der Waals surface area contributed by atoms with Gasteiger partial charge in [0.2, 0.25) is 6.10 Å². The van der Waals surface area contributed by atoms with Crippen LogP contribution >= 0.6 is 0 Å². The lowest BCUT2D eigenvalue weighted by Crippen LogP contribution is -2.41. The Balaban J connectivity index is 2.87. The minimum atomic E-state index is -1.13. The molecule has 0 saturated heterocycles. The molecule has 0 spiro atoms. The molecule has 1 rings (SSSR count). The average Bonchev–Trinajstić information content (AvgIpc) is 2.45. The first kappa shape index (κ1) is 15.7. The van der Waals surface area contributed by atoms with Crippen molar-refractivity contribution in [2.24, 2.45) is 0 Å². The molecule has 20 heavy (non-hydrogen) atoms. The second-order valence-electron chi connectivity index (χ2n) is 4.10. The number of rotatable bonds is 5. The summed E-state index contributed by atoms with van der Waals surface area (Å²) in [7, 11) is 1.39. The van der Waals surface area contributed by atoms with E-state index in [0.717, 1.165) is 0 Å². The SMILES string of the molecule is CCCC(=O)O[C@@H](C(=O)NC(=O)NC)c1ccccc1. The first-order valence-electron chi connectivity index (χ1n) is 6.35. The van der Waals surface area contributed by atoms with Crippen molar-refractivity contribution in [3.8, 4) is 0 Å². The van der Waals surface area contributed by atoms with Crippen molar-refractivity contribution in [3.05, 3.63) is 35.9 Å². The van der Waals surface area contributed by atoms with E-state index in [1.54, 1.807) is 30.3 Å². The van der Waals surface area contributed by atoms with Gasteiger partial charge in [-0.05, 0) is 6.42 Å². The van der Waals surface area contributed by atoms with Gasteiger partial charge in [0.05, 0.1) is 0 Å². The van der Waals surface area contributed by atoms with Crippen molar-refractivity contribution in [2.75, 3.05) is 7.05 Å². The fraction of sp³-hybridized carbons (Fsp3) is 0.357. The van der Waals surface area contributed by atoms with E-state index in [1.165, 1.54) is 7.05 Å². The summed E-state index contributed by atoms with van der Waals surface area (Å²) < 4.78 is 5.15. The van der Waals surface area contributed by atoms with Crippen LogP contribution in [0.2, 0.25) is 0 Å². The first-order chi connectivity index (χ1) is 9.58. The minimum Gasteiger partial charge on any atom is -0.447 e. The zero-order chi connectivity index (χ0) is 15.0. The lowest BCUT2D eigenvalue weighted by atomic mass is 10.1. The van der Waals surface area contributed by atoms with Crippen molar-refractivity contribution in [2.45, 2.75) is 25.9 Å². The van der Waals surface area contributed by atoms with Crippen LogP contribution in [-0.4, -0.2) is 25.0 Å². The number of urea groups is 1. The molecule has 6 heteroatoms. The number of nitrogens with one attached hydrogen (secondary N) is 2. The summed E-state index contributed by atoms with van der Waals surface area (Å²) in [6.07, 6.45) is -0.291. The molecule has 6 nitrogen and oxygen atoms in total. The zero-order valence-corrected chi connectivity index (χ0v) is 11.5. The Kier molecular flexibility index (Phi) is 6.22. The summed E-state index contributed by atoms with van der Waals surface area (Å²) in [5.74, 6) is -1.16. The number of hydrogen-bond acceptors (Lipinski definition) is 4. The van der Waals surface area contributed by atoms with Gasteiger partial charge in [0, 0.05) is 19.0 Å². The van der Waals surface area contributed by atoms with Crippen LogP contribution < -0.4 is 10.6 Å². The highest BCUT2D eigenvalue weighted by atomic mass is 16.5. The quantitative estimate of drug-likeness (QED) is 0.800. The van der Waals surface area contributed by atoms with Gasteiger partial charge in [-0.1, -0.05) is 37.3 Å². The van der Waals surface area contributed by atoms with Gasteiger partial charge >= 0.3 is 12.0 Å². The highest BCUT2D eigenvalue weighted by Gasteiger charge is 2.25. The van der Waals surface area contributed by atoms with Crippen LogP contribution in [-0.2, 0) is 14.3 Å². The number of benzene rings is 1. The van der Waals surface area contributed by atoms with Gasteiger partial charge in [-0.2, -0.15) is 0 Å². The molecule has 0 radical (unpaired) electrons. The third-order valence-corrected chi connectivity index (χ3v) is 2.51. The van der Waals surface area contributed by atoms with Gasteiger partial charge in [0.15, 0.2) is 0 Å². The Bertz CT molecular complexity index is 473. The van der Waals surface area contributed by atoms with Crippen LogP contribution in [0.4, 0.5) is 4.79 Å². The molecular weight excluding hydrogens is 260 g/mol. The molecule has 0 saturated carbocycles. The van der Waals surface area contributed by atoms with E-state index in [0.29, 0.717) is 12.0 Å². The fourth-order valence-electron chi connectivity index (χ4n) is 1.54. The molecule has 0 fully saturated rings. The molecule has 0 bridgehead atoms. The van der Waals surface area contributed by atoms with Crippen molar-refractivity contribution >= 4 is 17.9 Å².